The molecule has 18 heavy (non-hydrogen) atoms. The quantitative estimate of drug-likeness (QED) is 0.810. The summed E-state index contributed by atoms with van der Waals surface area (Å²) >= 11 is 0. The zero-order valence-electron chi connectivity index (χ0n) is 11.8. The van der Waals surface area contributed by atoms with E-state index < -0.39 is 0 Å². The van der Waals surface area contributed by atoms with E-state index in [0.29, 0.717) is 23.8 Å². The van der Waals surface area contributed by atoms with Gasteiger partial charge in [0.2, 0.25) is 0 Å². The minimum Gasteiger partial charge on any atom is -0.357 e. The normalized spacial score (nSPS) is 11.0. The van der Waals surface area contributed by atoms with Crippen molar-refractivity contribution in [2.45, 2.75) is 33.7 Å². The maximum absolute atomic E-state index is 14.2. The highest BCUT2D eigenvalue weighted by molar-refractivity contribution is 5.42. The first kappa shape index (κ1) is 14.9. The van der Waals surface area contributed by atoms with Crippen LogP contribution in [-0.4, -0.2) is 25.1 Å². The fourth-order valence-corrected chi connectivity index (χ4v) is 1.81. The smallest absolute Gasteiger partial charge is 0.170 e. The molecule has 0 fully saturated rings. The molecular weight excluding hydrogens is 229 g/mol. The Bertz CT molecular complexity index is 366. The molecule has 0 aromatic carbocycles. The van der Waals surface area contributed by atoms with E-state index in [0.717, 1.165) is 19.5 Å². The molecule has 1 aromatic rings. The van der Waals surface area contributed by atoms with E-state index in [2.05, 4.69) is 31.1 Å². The van der Waals surface area contributed by atoms with Crippen LogP contribution in [0.3, 0.4) is 0 Å². The Balaban J connectivity index is 2.72. The number of hydrogen-bond acceptors (Lipinski definition) is 3. The maximum atomic E-state index is 14.2. The summed E-state index contributed by atoms with van der Waals surface area (Å²) in [5, 5.41) is 3.25. The number of nitrogens with zero attached hydrogens (tertiary/aromatic N) is 2. The van der Waals surface area contributed by atoms with Crippen molar-refractivity contribution in [1.82, 2.24) is 10.3 Å². The lowest BCUT2D eigenvalue weighted by molar-refractivity contribution is 0.532. The van der Waals surface area contributed by atoms with E-state index >= 15 is 0 Å². The fourth-order valence-electron chi connectivity index (χ4n) is 1.81. The van der Waals surface area contributed by atoms with Crippen LogP contribution < -0.4 is 10.2 Å². The number of rotatable bonds is 7. The molecule has 1 aromatic heterocycles. The minimum atomic E-state index is -0.204. The lowest BCUT2D eigenvalue weighted by atomic mass is 10.2. The fraction of sp³-hybridized carbons (Fsp3) is 0.643. The molecule has 0 spiro atoms. The number of nitrogens with one attached hydrogen (secondary N) is 1. The molecule has 3 nitrogen and oxygen atoms in total. The van der Waals surface area contributed by atoms with E-state index in [1.54, 1.807) is 12.3 Å². The zero-order valence-corrected chi connectivity index (χ0v) is 11.8. The van der Waals surface area contributed by atoms with Gasteiger partial charge in [-0.3, -0.25) is 0 Å². The van der Waals surface area contributed by atoms with Crippen LogP contribution in [0, 0.1) is 11.7 Å². The summed E-state index contributed by atoms with van der Waals surface area (Å²) in [7, 11) is 1.88. The van der Waals surface area contributed by atoms with Gasteiger partial charge in [0.05, 0.1) is 0 Å². The van der Waals surface area contributed by atoms with Crippen molar-refractivity contribution in [3.63, 3.8) is 0 Å². The molecule has 1 heterocycles. The summed E-state index contributed by atoms with van der Waals surface area (Å²) in [6, 6.07) is 1.74. The Kier molecular flexibility index (Phi) is 6.05. The second-order valence-corrected chi connectivity index (χ2v) is 5.05. The Morgan fingerprint density at radius 2 is 2.17 bits per heavy atom. The number of anilines is 1. The van der Waals surface area contributed by atoms with Gasteiger partial charge in [-0.2, -0.15) is 0 Å². The van der Waals surface area contributed by atoms with Gasteiger partial charge < -0.3 is 10.2 Å². The number of pyridine rings is 1. The monoisotopic (exact) mass is 253 g/mol. The first-order valence-corrected chi connectivity index (χ1v) is 6.61. The number of hydrogen-bond donors (Lipinski definition) is 1. The molecule has 0 saturated carbocycles. The molecule has 0 amide bonds. The Labute approximate surface area is 109 Å². The van der Waals surface area contributed by atoms with Crippen molar-refractivity contribution < 1.29 is 4.39 Å². The van der Waals surface area contributed by atoms with Crippen LogP contribution in [0.1, 0.15) is 32.8 Å². The van der Waals surface area contributed by atoms with E-state index in [1.807, 2.05) is 11.9 Å². The summed E-state index contributed by atoms with van der Waals surface area (Å²) in [5.41, 5.74) is 0.684. The van der Waals surface area contributed by atoms with Crippen molar-refractivity contribution in [3.8, 4) is 0 Å². The zero-order chi connectivity index (χ0) is 13.5. The van der Waals surface area contributed by atoms with Crippen molar-refractivity contribution in [1.29, 1.82) is 0 Å². The predicted molar refractivity (Wildman–Crippen MR) is 74.3 cm³/mol. The number of aromatic nitrogens is 1. The van der Waals surface area contributed by atoms with Crippen LogP contribution in [0.5, 0.6) is 0 Å². The summed E-state index contributed by atoms with van der Waals surface area (Å²) in [4.78, 5) is 5.99. The van der Waals surface area contributed by atoms with E-state index in [1.165, 1.54) is 0 Å². The molecule has 0 bridgehead atoms. The van der Waals surface area contributed by atoms with Crippen molar-refractivity contribution in [2.75, 3.05) is 25.0 Å². The molecule has 102 valence electrons. The number of halogens is 1. The second kappa shape index (κ2) is 7.31. The Morgan fingerprint density at radius 3 is 2.78 bits per heavy atom. The molecule has 0 aliphatic rings. The molecule has 1 N–H and O–H groups in total. The largest absolute Gasteiger partial charge is 0.357 e. The van der Waals surface area contributed by atoms with E-state index in [-0.39, 0.29) is 5.82 Å². The molecule has 1 rings (SSSR count). The standard InChI is InChI=1S/C14H24FN3/c1-5-8-18(4)14-13(15)12(6-7-17-14)10-16-9-11(2)3/h6-7,11,16H,5,8-10H2,1-4H3. The topological polar surface area (TPSA) is 28.2 Å². The second-order valence-electron chi connectivity index (χ2n) is 5.05. The van der Waals surface area contributed by atoms with Crippen LogP contribution in [-0.2, 0) is 6.54 Å². The lowest BCUT2D eigenvalue weighted by Crippen LogP contribution is -2.23. The van der Waals surface area contributed by atoms with Crippen LogP contribution in [0.4, 0.5) is 10.2 Å². The van der Waals surface area contributed by atoms with Crippen LogP contribution >= 0.6 is 0 Å². The third-order valence-electron chi connectivity index (χ3n) is 2.74. The van der Waals surface area contributed by atoms with E-state index in [4.69, 9.17) is 0 Å². The van der Waals surface area contributed by atoms with Gasteiger partial charge in [-0.05, 0) is 24.9 Å². The molecule has 0 saturated heterocycles. The maximum Gasteiger partial charge on any atom is 0.170 e. The average molecular weight is 253 g/mol. The van der Waals surface area contributed by atoms with Crippen LogP contribution in [0.25, 0.3) is 0 Å². The SMILES string of the molecule is CCCN(C)c1nccc(CNCC(C)C)c1F. The third-order valence-corrected chi connectivity index (χ3v) is 2.74. The molecular formula is C14H24FN3. The Hall–Kier alpha value is -1.16. The Morgan fingerprint density at radius 1 is 1.44 bits per heavy atom. The third kappa shape index (κ3) is 4.26. The summed E-state index contributed by atoms with van der Waals surface area (Å²) in [6.07, 6.45) is 2.66. The first-order valence-electron chi connectivity index (χ1n) is 6.61. The highest BCUT2D eigenvalue weighted by Gasteiger charge is 2.12. The van der Waals surface area contributed by atoms with Gasteiger partial charge in [0.1, 0.15) is 0 Å². The minimum absolute atomic E-state index is 0.204. The molecule has 0 atom stereocenters. The van der Waals surface area contributed by atoms with E-state index in [9.17, 15) is 4.39 Å². The lowest BCUT2D eigenvalue weighted by Gasteiger charge is -2.19. The van der Waals surface area contributed by atoms with Gasteiger partial charge in [-0.1, -0.05) is 20.8 Å². The van der Waals surface area contributed by atoms with Crippen molar-refractivity contribution in [2.24, 2.45) is 5.92 Å². The van der Waals surface area contributed by atoms with Crippen molar-refractivity contribution >= 4 is 5.82 Å². The predicted octanol–water partition coefficient (Wildman–Crippen LogP) is 2.81. The summed E-state index contributed by atoms with van der Waals surface area (Å²) in [5.74, 6) is 0.808. The first-order chi connectivity index (χ1) is 8.56. The van der Waals surface area contributed by atoms with Crippen LogP contribution in [0.15, 0.2) is 12.3 Å². The summed E-state index contributed by atoms with van der Waals surface area (Å²) < 4.78 is 14.2. The molecule has 0 radical (unpaired) electrons. The van der Waals surface area contributed by atoms with Crippen molar-refractivity contribution in [3.05, 3.63) is 23.6 Å². The van der Waals surface area contributed by atoms with Gasteiger partial charge in [-0.25, -0.2) is 9.37 Å². The van der Waals surface area contributed by atoms with Gasteiger partial charge in [0, 0.05) is 31.9 Å². The van der Waals surface area contributed by atoms with Gasteiger partial charge in [0.25, 0.3) is 0 Å². The highest BCUT2D eigenvalue weighted by atomic mass is 19.1. The van der Waals surface area contributed by atoms with Gasteiger partial charge in [-0.15, -0.1) is 0 Å². The van der Waals surface area contributed by atoms with Gasteiger partial charge in [0.15, 0.2) is 11.6 Å². The highest BCUT2D eigenvalue weighted by Crippen LogP contribution is 2.18. The average Bonchev–Trinajstić information content (AvgIpc) is 2.31. The molecule has 0 aliphatic heterocycles. The molecule has 4 heteroatoms. The molecule has 0 unspecified atom stereocenters. The van der Waals surface area contributed by atoms with Crippen LogP contribution in [0.2, 0.25) is 0 Å². The molecule has 0 aliphatic carbocycles. The summed E-state index contributed by atoms with van der Waals surface area (Å²) in [6.45, 7) is 8.60. The van der Waals surface area contributed by atoms with Gasteiger partial charge >= 0.3 is 0 Å².